The Labute approximate surface area is 123 Å². The van der Waals surface area contributed by atoms with Crippen molar-refractivity contribution in [1.29, 1.82) is 0 Å². The zero-order valence-corrected chi connectivity index (χ0v) is 12.4. The lowest BCUT2D eigenvalue weighted by molar-refractivity contribution is 0.0707. The third-order valence-corrected chi connectivity index (χ3v) is 3.49. The first kappa shape index (κ1) is 15.7. The number of amides is 1. The number of hydrogen-bond acceptors (Lipinski definition) is 5. The van der Waals surface area contributed by atoms with Crippen LogP contribution in [0.1, 0.15) is 30.3 Å². The van der Waals surface area contributed by atoms with E-state index in [2.05, 4.69) is 10.4 Å². The van der Waals surface area contributed by atoms with E-state index in [1.807, 2.05) is 6.92 Å². The van der Waals surface area contributed by atoms with E-state index in [-0.39, 0.29) is 29.3 Å². The Morgan fingerprint density at radius 3 is 3.10 bits per heavy atom. The fraction of sp³-hybridized carbons (Fsp3) is 0.643. The lowest BCUT2D eigenvalue weighted by Gasteiger charge is -2.19. The normalized spacial score (nSPS) is 19.4. The lowest BCUT2D eigenvalue weighted by Crippen LogP contribution is -2.41. The van der Waals surface area contributed by atoms with Gasteiger partial charge in [0, 0.05) is 19.8 Å². The van der Waals surface area contributed by atoms with Gasteiger partial charge in [0.25, 0.3) is 11.5 Å². The molecule has 0 aromatic carbocycles. The zero-order chi connectivity index (χ0) is 15.2. The average molecular weight is 295 g/mol. The zero-order valence-electron chi connectivity index (χ0n) is 12.4. The first-order valence-corrected chi connectivity index (χ1v) is 7.11. The molecule has 1 aromatic heterocycles. The molecule has 1 fully saturated rings. The van der Waals surface area contributed by atoms with Crippen molar-refractivity contribution in [3.8, 4) is 0 Å². The molecule has 2 heterocycles. The highest BCUT2D eigenvalue weighted by atomic mass is 16.5. The molecule has 1 N–H and O–H groups in total. The quantitative estimate of drug-likeness (QED) is 0.810. The predicted molar refractivity (Wildman–Crippen MR) is 76.3 cm³/mol. The molecule has 0 radical (unpaired) electrons. The molecule has 1 aliphatic heterocycles. The maximum atomic E-state index is 12.2. The van der Waals surface area contributed by atoms with E-state index in [0.717, 1.165) is 19.4 Å². The van der Waals surface area contributed by atoms with Gasteiger partial charge in [0.15, 0.2) is 0 Å². The lowest BCUT2D eigenvalue weighted by atomic mass is 10.1. The standard InChI is InChI=1S/C14H21N3O4/c1-10(12-4-3-8-21-12)15-14(19)11-5-6-13(18)17(16-11)7-9-20-2/h5-6,10,12H,3-4,7-9H2,1-2H3,(H,15,19). The number of hydrogen-bond donors (Lipinski definition) is 1. The highest BCUT2D eigenvalue weighted by Gasteiger charge is 2.24. The molecule has 2 rings (SSSR count). The van der Waals surface area contributed by atoms with Gasteiger partial charge in [-0.15, -0.1) is 0 Å². The molecule has 1 aromatic rings. The van der Waals surface area contributed by atoms with Crippen LogP contribution in [0.5, 0.6) is 0 Å². The van der Waals surface area contributed by atoms with Crippen molar-refractivity contribution in [2.45, 2.75) is 38.5 Å². The Balaban J connectivity index is 2.02. The van der Waals surface area contributed by atoms with Crippen LogP contribution in [0.2, 0.25) is 0 Å². The fourth-order valence-corrected chi connectivity index (χ4v) is 2.28. The van der Waals surface area contributed by atoms with Crippen LogP contribution in [0.3, 0.4) is 0 Å². The van der Waals surface area contributed by atoms with Crippen LogP contribution in [0.15, 0.2) is 16.9 Å². The molecule has 2 unspecified atom stereocenters. The SMILES string of the molecule is COCCn1nc(C(=O)NC(C)C2CCCO2)ccc1=O. The molecule has 0 aliphatic carbocycles. The van der Waals surface area contributed by atoms with Crippen LogP contribution in [-0.2, 0) is 16.0 Å². The van der Waals surface area contributed by atoms with E-state index in [4.69, 9.17) is 9.47 Å². The van der Waals surface area contributed by atoms with Gasteiger partial charge in [-0.05, 0) is 25.8 Å². The van der Waals surface area contributed by atoms with Crippen LogP contribution < -0.4 is 10.9 Å². The summed E-state index contributed by atoms with van der Waals surface area (Å²) in [4.78, 5) is 23.8. The summed E-state index contributed by atoms with van der Waals surface area (Å²) in [7, 11) is 1.55. The summed E-state index contributed by atoms with van der Waals surface area (Å²) in [6.45, 7) is 3.34. The van der Waals surface area contributed by atoms with Crippen molar-refractivity contribution in [3.63, 3.8) is 0 Å². The van der Waals surface area contributed by atoms with Gasteiger partial charge in [-0.1, -0.05) is 0 Å². The Bertz CT molecular complexity index is 537. The van der Waals surface area contributed by atoms with Gasteiger partial charge in [0.1, 0.15) is 5.69 Å². The van der Waals surface area contributed by atoms with Gasteiger partial charge in [-0.2, -0.15) is 5.10 Å². The molecule has 1 amide bonds. The molecule has 7 nitrogen and oxygen atoms in total. The van der Waals surface area contributed by atoms with Crippen molar-refractivity contribution < 1.29 is 14.3 Å². The number of rotatable bonds is 6. The maximum absolute atomic E-state index is 12.2. The summed E-state index contributed by atoms with van der Waals surface area (Å²) in [6, 6.07) is 2.69. The van der Waals surface area contributed by atoms with Crippen molar-refractivity contribution in [3.05, 3.63) is 28.2 Å². The predicted octanol–water partition coefficient (Wildman–Crippen LogP) is 0.187. The molecule has 7 heteroatoms. The topological polar surface area (TPSA) is 82.5 Å². The number of carbonyl (C=O) groups excluding carboxylic acids is 1. The third-order valence-electron chi connectivity index (χ3n) is 3.49. The smallest absolute Gasteiger partial charge is 0.272 e. The molecule has 1 aliphatic rings. The van der Waals surface area contributed by atoms with E-state index in [1.54, 1.807) is 7.11 Å². The van der Waals surface area contributed by atoms with Gasteiger partial charge in [-0.25, -0.2) is 4.68 Å². The van der Waals surface area contributed by atoms with E-state index in [1.165, 1.54) is 16.8 Å². The number of aromatic nitrogens is 2. The number of carbonyl (C=O) groups is 1. The summed E-state index contributed by atoms with van der Waals surface area (Å²) in [5.74, 6) is -0.302. The highest BCUT2D eigenvalue weighted by Crippen LogP contribution is 2.15. The first-order chi connectivity index (χ1) is 10.1. The molecule has 116 valence electrons. The minimum Gasteiger partial charge on any atom is -0.383 e. The second-order valence-corrected chi connectivity index (χ2v) is 5.09. The monoisotopic (exact) mass is 295 g/mol. The highest BCUT2D eigenvalue weighted by molar-refractivity contribution is 5.92. The van der Waals surface area contributed by atoms with Gasteiger partial charge in [-0.3, -0.25) is 9.59 Å². The average Bonchev–Trinajstić information content (AvgIpc) is 3.00. The Kier molecular flexibility index (Phi) is 5.46. The maximum Gasteiger partial charge on any atom is 0.272 e. The molecular weight excluding hydrogens is 274 g/mol. The molecule has 0 spiro atoms. The third kappa shape index (κ3) is 4.12. The number of nitrogens with one attached hydrogen (secondary N) is 1. The van der Waals surface area contributed by atoms with Gasteiger partial charge in [0.05, 0.1) is 25.3 Å². The first-order valence-electron chi connectivity index (χ1n) is 7.11. The van der Waals surface area contributed by atoms with Gasteiger partial charge in [0.2, 0.25) is 0 Å². The fourth-order valence-electron chi connectivity index (χ4n) is 2.28. The second kappa shape index (κ2) is 7.33. The largest absolute Gasteiger partial charge is 0.383 e. The molecule has 0 bridgehead atoms. The Morgan fingerprint density at radius 1 is 1.62 bits per heavy atom. The Morgan fingerprint density at radius 2 is 2.43 bits per heavy atom. The summed E-state index contributed by atoms with van der Waals surface area (Å²) >= 11 is 0. The summed E-state index contributed by atoms with van der Waals surface area (Å²) in [6.07, 6.45) is 2.01. The number of nitrogens with zero attached hydrogens (tertiary/aromatic N) is 2. The van der Waals surface area contributed by atoms with Crippen LogP contribution in [-0.4, -0.2) is 48.2 Å². The molecular formula is C14H21N3O4. The van der Waals surface area contributed by atoms with Crippen molar-refractivity contribution in [2.75, 3.05) is 20.3 Å². The minimum atomic E-state index is -0.302. The summed E-state index contributed by atoms with van der Waals surface area (Å²) < 4.78 is 11.7. The second-order valence-electron chi connectivity index (χ2n) is 5.09. The van der Waals surface area contributed by atoms with Crippen molar-refractivity contribution in [2.24, 2.45) is 0 Å². The van der Waals surface area contributed by atoms with E-state index < -0.39 is 0 Å². The van der Waals surface area contributed by atoms with E-state index in [0.29, 0.717) is 13.2 Å². The molecule has 2 atom stereocenters. The number of methoxy groups -OCH3 is 1. The van der Waals surface area contributed by atoms with Crippen molar-refractivity contribution in [1.82, 2.24) is 15.1 Å². The van der Waals surface area contributed by atoms with Gasteiger partial charge >= 0.3 is 0 Å². The summed E-state index contributed by atoms with van der Waals surface area (Å²) in [5.41, 5.74) is -0.0358. The van der Waals surface area contributed by atoms with Crippen LogP contribution >= 0.6 is 0 Å². The number of ether oxygens (including phenoxy) is 2. The van der Waals surface area contributed by atoms with Crippen LogP contribution in [0.4, 0.5) is 0 Å². The van der Waals surface area contributed by atoms with Crippen LogP contribution in [0.25, 0.3) is 0 Å². The summed E-state index contributed by atoms with van der Waals surface area (Å²) in [5, 5.41) is 6.93. The van der Waals surface area contributed by atoms with E-state index >= 15 is 0 Å². The van der Waals surface area contributed by atoms with Crippen molar-refractivity contribution >= 4 is 5.91 Å². The molecule has 0 saturated carbocycles. The van der Waals surface area contributed by atoms with E-state index in [9.17, 15) is 9.59 Å². The minimum absolute atomic E-state index is 0.0494. The molecule has 1 saturated heterocycles. The Hall–Kier alpha value is -1.73. The van der Waals surface area contributed by atoms with Crippen LogP contribution in [0, 0.1) is 0 Å². The van der Waals surface area contributed by atoms with Gasteiger partial charge < -0.3 is 14.8 Å². The molecule has 21 heavy (non-hydrogen) atoms.